The molecule has 1 aliphatic rings. The molecule has 0 unspecified atom stereocenters. The van der Waals surface area contributed by atoms with Crippen molar-refractivity contribution in [3.63, 3.8) is 0 Å². The monoisotopic (exact) mass is 270 g/mol. The maximum atomic E-state index is 12.5. The van der Waals surface area contributed by atoms with E-state index in [4.69, 9.17) is 14.2 Å². The van der Waals surface area contributed by atoms with E-state index in [0.29, 0.717) is 28.4 Å². The number of carbonyl (C=O) groups excluding carboxylic acids is 1. The van der Waals surface area contributed by atoms with Gasteiger partial charge >= 0.3 is 0 Å². The summed E-state index contributed by atoms with van der Waals surface area (Å²) in [6.45, 7) is 0. The van der Waals surface area contributed by atoms with Crippen LogP contribution in [0.25, 0.3) is 11.1 Å². The summed E-state index contributed by atoms with van der Waals surface area (Å²) in [5.74, 6) is 1.82. The summed E-state index contributed by atoms with van der Waals surface area (Å²) in [4.78, 5) is 12.5. The largest absolute Gasteiger partial charge is 0.497 e. The first kappa shape index (κ1) is 12.5. The second-order valence-corrected chi connectivity index (χ2v) is 4.49. The molecule has 1 aliphatic carbocycles. The van der Waals surface area contributed by atoms with Crippen molar-refractivity contribution in [2.24, 2.45) is 0 Å². The normalized spacial score (nSPS) is 11.8. The molecule has 0 atom stereocenters. The molecule has 2 aromatic carbocycles. The first-order valence-corrected chi connectivity index (χ1v) is 6.18. The second kappa shape index (κ2) is 4.56. The molecule has 4 heteroatoms. The summed E-state index contributed by atoms with van der Waals surface area (Å²) in [7, 11) is 4.72. The van der Waals surface area contributed by atoms with Gasteiger partial charge in [0.25, 0.3) is 0 Å². The molecule has 0 bridgehead atoms. The van der Waals surface area contributed by atoms with Crippen LogP contribution in [0.4, 0.5) is 0 Å². The van der Waals surface area contributed by atoms with E-state index in [1.54, 1.807) is 33.5 Å². The minimum Gasteiger partial charge on any atom is -0.497 e. The quantitative estimate of drug-likeness (QED) is 0.734. The van der Waals surface area contributed by atoms with E-state index < -0.39 is 0 Å². The molecule has 0 saturated heterocycles. The Bertz CT molecular complexity index is 704. The van der Waals surface area contributed by atoms with Gasteiger partial charge in [-0.2, -0.15) is 0 Å². The Kier molecular flexibility index (Phi) is 2.86. The van der Waals surface area contributed by atoms with E-state index in [1.165, 1.54) is 0 Å². The smallest absolute Gasteiger partial charge is 0.194 e. The Morgan fingerprint density at radius 3 is 1.90 bits per heavy atom. The number of fused-ring (bicyclic) bond motifs is 3. The van der Waals surface area contributed by atoms with Crippen molar-refractivity contribution in [1.29, 1.82) is 0 Å². The van der Waals surface area contributed by atoms with Crippen LogP contribution in [0.3, 0.4) is 0 Å². The van der Waals surface area contributed by atoms with Crippen LogP contribution in [0, 0.1) is 0 Å². The van der Waals surface area contributed by atoms with E-state index in [2.05, 4.69) is 0 Å². The Hall–Kier alpha value is -2.49. The fourth-order valence-electron chi connectivity index (χ4n) is 2.51. The van der Waals surface area contributed by atoms with E-state index in [-0.39, 0.29) is 5.78 Å². The van der Waals surface area contributed by atoms with Crippen LogP contribution < -0.4 is 14.2 Å². The second-order valence-electron chi connectivity index (χ2n) is 4.49. The lowest BCUT2D eigenvalue weighted by molar-refractivity contribution is 0.104. The van der Waals surface area contributed by atoms with Crippen LogP contribution in [0.15, 0.2) is 30.3 Å². The Labute approximate surface area is 116 Å². The minimum absolute atomic E-state index is 0.0187. The van der Waals surface area contributed by atoms with Gasteiger partial charge in [-0.1, -0.05) is 0 Å². The van der Waals surface area contributed by atoms with E-state index in [1.807, 2.05) is 18.2 Å². The van der Waals surface area contributed by atoms with Crippen molar-refractivity contribution >= 4 is 5.78 Å². The number of ether oxygens (including phenoxy) is 3. The maximum absolute atomic E-state index is 12.5. The molecule has 0 aliphatic heterocycles. The number of carbonyl (C=O) groups is 1. The third kappa shape index (κ3) is 1.65. The van der Waals surface area contributed by atoms with Crippen LogP contribution in [0.5, 0.6) is 17.2 Å². The zero-order chi connectivity index (χ0) is 14.3. The van der Waals surface area contributed by atoms with Gasteiger partial charge in [0.1, 0.15) is 5.75 Å². The topological polar surface area (TPSA) is 44.8 Å². The van der Waals surface area contributed by atoms with Gasteiger partial charge in [0.2, 0.25) is 0 Å². The molecular formula is C16H14O4. The van der Waals surface area contributed by atoms with Crippen molar-refractivity contribution in [2.75, 3.05) is 21.3 Å². The lowest BCUT2D eigenvalue weighted by Crippen LogP contribution is -1.97. The Morgan fingerprint density at radius 1 is 0.700 bits per heavy atom. The molecule has 20 heavy (non-hydrogen) atoms. The number of rotatable bonds is 3. The third-order valence-electron chi connectivity index (χ3n) is 3.53. The highest BCUT2D eigenvalue weighted by atomic mass is 16.5. The molecule has 4 nitrogen and oxygen atoms in total. The van der Waals surface area contributed by atoms with E-state index >= 15 is 0 Å². The van der Waals surface area contributed by atoms with Gasteiger partial charge in [0.15, 0.2) is 17.3 Å². The molecule has 0 radical (unpaired) electrons. The van der Waals surface area contributed by atoms with Crippen LogP contribution in [-0.4, -0.2) is 27.1 Å². The molecule has 0 spiro atoms. The van der Waals surface area contributed by atoms with Gasteiger partial charge < -0.3 is 14.2 Å². The van der Waals surface area contributed by atoms with Gasteiger partial charge in [0.05, 0.1) is 21.3 Å². The van der Waals surface area contributed by atoms with E-state index in [0.717, 1.165) is 11.1 Å². The van der Waals surface area contributed by atoms with Crippen molar-refractivity contribution in [1.82, 2.24) is 0 Å². The number of hydrogen-bond acceptors (Lipinski definition) is 4. The highest BCUT2D eigenvalue weighted by Gasteiger charge is 2.29. The molecule has 2 aromatic rings. The average molecular weight is 270 g/mol. The highest BCUT2D eigenvalue weighted by molar-refractivity contribution is 6.22. The summed E-state index contributed by atoms with van der Waals surface area (Å²) in [5.41, 5.74) is 3.04. The molecule has 0 aromatic heterocycles. The molecule has 0 N–H and O–H groups in total. The van der Waals surface area contributed by atoms with Crippen molar-refractivity contribution < 1.29 is 19.0 Å². The summed E-state index contributed by atoms with van der Waals surface area (Å²) in [5, 5.41) is 0. The van der Waals surface area contributed by atoms with Gasteiger partial charge in [-0.05, 0) is 41.5 Å². The van der Waals surface area contributed by atoms with Crippen molar-refractivity contribution in [2.45, 2.75) is 0 Å². The molecule has 3 rings (SSSR count). The molecule has 0 fully saturated rings. The van der Waals surface area contributed by atoms with Crippen LogP contribution >= 0.6 is 0 Å². The zero-order valence-corrected chi connectivity index (χ0v) is 11.5. The Morgan fingerprint density at radius 2 is 1.30 bits per heavy atom. The molecular weight excluding hydrogens is 256 g/mol. The lowest BCUT2D eigenvalue weighted by Gasteiger charge is -2.09. The summed E-state index contributed by atoms with van der Waals surface area (Å²) < 4.78 is 15.7. The van der Waals surface area contributed by atoms with Crippen LogP contribution in [-0.2, 0) is 0 Å². The lowest BCUT2D eigenvalue weighted by atomic mass is 10.1. The van der Waals surface area contributed by atoms with Crippen LogP contribution in [0.2, 0.25) is 0 Å². The standard InChI is InChI=1S/C16H14O4/c1-18-9-4-5-10-11-7-14(19-2)15(20-3)8-13(11)16(17)12(10)6-9/h4-8H,1-3H3. The first-order valence-electron chi connectivity index (χ1n) is 6.18. The van der Waals surface area contributed by atoms with Gasteiger partial charge in [-0.25, -0.2) is 0 Å². The summed E-state index contributed by atoms with van der Waals surface area (Å²) in [6, 6.07) is 9.06. The van der Waals surface area contributed by atoms with Crippen LogP contribution in [0.1, 0.15) is 15.9 Å². The molecule has 102 valence electrons. The molecule has 0 saturated carbocycles. The maximum Gasteiger partial charge on any atom is 0.194 e. The summed E-state index contributed by atoms with van der Waals surface area (Å²) in [6.07, 6.45) is 0. The number of ketones is 1. The number of methoxy groups -OCH3 is 3. The average Bonchev–Trinajstić information content (AvgIpc) is 2.77. The Balaban J connectivity index is 2.23. The number of benzene rings is 2. The highest BCUT2D eigenvalue weighted by Crippen LogP contribution is 2.43. The van der Waals surface area contributed by atoms with Crippen molar-refractivity contribution in [3.8, 4) is 28.4 Å². The molecule has 0 amide bonds. The van der Waals surface area contributed by atoms with Gasteiger partial charge in [0, 0.05) is 11.1 Å². The predicted molar refractivity (Wildman–Crippen MR) is 75.0 cm³/mol. The van der Waals surface area contributed by atoms with Gasteiger partial charge in [-0.3, -0.25) is 4.79 Å². The third-order valence-corrected chi connectivity index (χ3v) is 3.53. The minimum atomic E-state index is -0.0187. The predicted octanol–water partition coefficient (Wildman–Crippen LogP) is 2.92. The molecule has 0 heterocycles. The SMILES string of the molecule is COc1ccc2c(c1)C(=O)c1cc(OC)c(OC)cc1-2. The fourth-order valence-corrected chi connectivity index (χ4v) is 2.51. The first-order chi connectivity index (χ1) is 9.69. The zero-order valence-electron chi connectivity index (χ0n) is 11.5. The van der Waals surface area contributed by atoms with Crippen molar-refractivity contribution in [3.05, 3.63) is 41.5 Å². The van der Waals surface area contributed by atoms with Gasteiger partial charge in [-0.15, -0.1) is 0 Å². The fraction of sp³-hybridized carbons (Fsp3) is 0.188. The number of hydrogen-bond donors (Lipinski definition) is 0. The van der Waals surface area contributed by atoms with E-state index in [9.17, 15) is 4.79 Å². The summed E-state index contributed by atoms with van der Waals surface area (Å²) >= 11 is 0.